The van der Waals surface area contributed by atoms with Crippen molar-refractivity contribution in [1.82, 2.24) is 4.90 Å². The quantitative estimate of drug-likeness (QED) is 0.405. The Balaban J connectivity index is 2.94. The topological polar surface area (TPSA) is 20.3 Å². The molecule has 0 saturated heterocycles. The fraction of sp³-hybridized carbons (Fsp3) is 0.133. The minimum atomic E-state index is 0.661. The van der Waals surface area contributed by atoms with Gasteiger partial charge in [-0.2, -0.15) is 0 Å². The molecule has 0 amide bonds. The average Bonchev–Trinajstić information content (AvgIpc) is 2.37. The Kier molecular flexibility index (Phi) is 5.52. The zero-order valence-electron chi connectivity index (χ0n) is 9.88. The molecule has 0 saturated carbocycles. The molecular formula is C15H17NO. The maximum absolute atomic E-state index is 11.1. The second-order valence-corrected chi connectivity index (χ2v) is 3.60. The molecule has 0 aromatic heterocycles. The molecule has 0 radical (unpaired) electrons. The van der Waals surface area contributed by atoms with Crippen LogP contribution in [0.25, 0.3) is 5.57 Å². The highest BCUT2D eigenvalue weighted by Crippen LogP contribution is 2.12. The average molecular weight is 227 g/mol. The molecule has 0 aliphatic rings. The summed E-state index contributed by atoms with van der Waals surface area (Å²) in [7, 11) is 0. The highest BCUT2D eigenvalue weighted by molar-refractivity contribution is 6.06. The van der Waals surface area contributed by atoms with Crippen molar-refractivity contribution in [3.8, 4) is 0 Å². The molecule has 0 atom stereocenters. The number of benzene rings is 1. The Bertz CT molecular complexity index is 396. The molecule has 1 aromatic rings. The molecule has 1 rings (SSSR count). The van der Waals surface area contributed by atoms with Gasteiger partial charge in [0.15, 0.2) is 6.29 Å². The Morgan fingerprint density at radius 2 is 1.71 bits per heavy atom. The molecule has 1 aromatic carbocycles. The van der Waals surface area contributed by atoms with Crippen LogP contribution in [0.5, 0.6) is 0 Å². The molecule has 0 bridgehead atoms. The van der Waals surface area contributed by atoms with E-state index in [0.717, 1.165) is 11.8 Å². The summed E-state index contributed by atoms with van der Waals surface area (Å²) >= 11 is 0. The minimum Gasteiger partial charge on any atom is -0.369 e. The highest BCUT2D eigenvalue weighted by atomic mass is 16.1. The molecule has 0 aliphatic heterocycles. The number of allylic oxidation sites excluding steroid dienone is 1. The largest absolute Gasteiger partial charge is 0.369 e. The van der Waals surface area contributed by atoms with Gasteiger partial charge in [-0.25, -0.2) is 0 Å². The monoisotopic (exact) mass is 227 g/mol. The van der Waals surface area contributed by atoms with Crippen LogP contribution in [-0.2, 0) is 4.79 Å². The first-order valence-electron chi connectivity index (χ1n) is 5.50. The zero-order chi connectivity index (χ0) is 12.5. The first kappa shape index (κ1) is 13.0. The fourth-order valence-corrected chi connectivity index (χ4v) is 1.51. The number of hydrogen-bond acceptors (Lipinski definition) is 2. The van der Waals surface area contributed by atoms with Gasteiger partial charge in [-0.15, -0.1) is 13.2 Å². The second-order valence-electron chi connectivity index (χ2n) is 3.60. The summed E-state index contributed by atoms with van der Waals surface area (Å²) in [6.45, 7) is 8.77. The predicted molar refractivity (Wildman–Crippen MR) is 72.5 cm³/mol. The Labute approximate surface area is 103 Å². The molecule has 17 heavy (non-hydrogen) atoms. The van der Waals surface area contributed by atoms with Crippen LogP contribution in [0.3, 0.4) is 0 Å². The standard InChI is InChI=1S/C15H17NO/c1-3-10-16(11-4-2)12-15(13-17)14-8-6-5-7-9-14/h3-9,12-13H,1-2,10-11H2. The predicted octanol–water partition coefficient (Wildman–Crippen LogP) is 2.90. The summed E-state index contributed by atoms with van der Waals surface area (Å²) in [6, 6.07) is 9.59. The maximum atomic E-state index is 11.1. The van der Waals surface area contributed by atoms with Gasteiger partial charge in [-0.3, -0.25) is 4.79 Å². The summed E-state index contributed by atoms with van der Waals surface area (Å²) in [4.78, 5) is 13.1. The lowest BCUT2D eigenvalue weighted by molar-refractivity contribution is -0.103. The van der Waals surface area contributed by atoms with E-state index >= 15 is 0 Å². The summed E-state index contributed by atoms with van der Waals surface area (Å²) in [5, 5.41) is 0. The smallest absolute Gasteiger partial charge is 0.152 e. The summed E-state index contributed by atoms with van der Waals surface area (Å²) in [5.74, 6) is 0. The second kappa shape index (κ2) is 7.23. The maximum Gasteiger partial charge on any atom is 0.152 e. The van der Waals surface area contributed by atoms with Gasteiger partial charge in [-0.1, -0.05) is 42.5 Å². The molecular weight excluding hydrogens is 210 g/mol. The fourth-order valence-electron chi connectivity index (χ4n) is 1.51. The van der Waals surface area contributed by atoms with Crippen LogP contribution in [-0.4, -0.2) is 24.3 Å². The van der Waals surface area contributed by atoms with E-state index in [1.165, 1.54) is 0 Å². The molecule has 88 valence electrons. The van der Waals surface area contributed by atoms with E-state index in [4.69, 9.17) is 0 Å². The van der Waals surface area contributed by atoms with Gasteiger partial charge in [0.1, 0.15) is 0 Å². The minimum absolute atomic E-state index is 0.661. The van der Waals surface area contributed by atoms with Crippen molar-refractivity contribution in [2.75, 3.05) is 13.1 Å². The number of hydrogen-bond donors (Lipinski definition) is 0. The van der Waals surface area contributed by atoms with Crippen LogP contribution >= 0.6 is 0 Å². The van der Waals surface area contributed by atoms with Crippen LogP contribution in [0.1, 0.15) is 5.56 Å². The zero-order valence-corrected chi connectivity index (χ0v) is 9.88. The highest BCUT2D eigenvalue weighted by Gasteiger charge is 2.02. The molecule has 0 spiro atoms. The van der Waals surface area contributed by atoms with Crippen molar-refractivity contribution >= 4 is 11.9 Å². The normalized spacial score (nSPS) is 10.7. The van der Waals surface area contributed by atoms with Crippen molar-refractivity contribution in [3.05, 3.63) is 67.4 Å². The third-order valence-corrected chi connectivity index (χ3v) is 2.28. The van der Waals surface area contributed by atoms with Gasteiger partial charge >= 0.3 is 0 Å². The number of nitrogens with zero attached hydrogens (tertiary/aromatic N) is 1. The third kappa shape index (κ3) is 4.11. The lowest BCUT2D eigenvalue weighted by atomic mass is 10.1. The molecule has 0 aliphatic carbocycles. The van der Waals surface area contributed by atoms with Gasteiger partial charge in [0.2, 0.25) is 0 Å². The van der Waals surface area contributed by atoms with Gasteiger partial charge < -0.3 is 4.90 Å². The van der Waals surface area contributed by atoms with Crippen LogP contribution < -0.4 is 0 Å². The summed E-state index contributed by atoms with van der Waals surface area (Å²) in [6.07, 6.45) is 6.31. The third-order valence-electron chi connectivity index (χ3n) is 2.28. The van der Waals surface area contributed by atoms with Crippen LogP contribution in [0.4, 0.5) is 0 Å². The van der Waals surface area contributed by atoms with E-state index < -0.39 is 0 Å². The molecule has 0 heterocycles. The SMILES string of the molecule is C=CCN(C=C(C=O)c1ccccc1)CC=C. The number of carbonyl (C=O) groups is 1. The van der Waals surface area contributed by atoms with Crippen LogP contribution in [0, 0.1) is 0 Å². The van der Waals surface area contributed by atoms with E-state index in [9.17, 15) is 4.79 Å². The molecule has 0 fully saturated rings. The summed E-state index contributed by atoms with van der Waals surface area (Å²) < 4.78 is 0. The molecule has 0 N–H and O–H groups in total. The van der Waals surface area contributed by atoms with Crippen LogP contribution in [0.15, 0.2) is 61.8 Å². The van der Waals surface area contributed by atoms with Crippen molar-refractivity contribution in [3.63, 3.8) is 0 Å². The van der Waals surface area contributed by atoms with E-state index in [-0.39, 0.29) is 0 Å². The summed E-state index contributed by atoms with van der Waals surface area (Å²) in [5.41, 5.74) is 1.58. The molecule has 0 unspecified atom stereocenters. The van der Waals surface area contributed by atoms with Gasteiger partial charge in [0.25, 0.3) is 0 Å². The van der Waals surface area contributed by atoms with Gasteiger partial charge in [-0.05, 0) is 5.56 Å². The molecule has 2 heteroatoms. The van der Waals surface area contributed by atoms with E-state index in [2.05, 4.69) is 13.2 Å². The first-order chi connectivity index (χ1) is 8.31. The lowest BCUT2D eigenvalue weighted by Crippen LogP contribution is -2.17. The molecule has 2 nitrogen and oxygen atoms in total. The van der Waals surface area contributed by atoms with Crippen molar-refractivity contribution in [2.24, 2.45) is 0 Å². The Morgan fingerprint density at radius 3 is 2.18 bits per heavy atom. The van der Waals surface area contributed by atoms with Crippen molar-refractivity contribution in [1.29, 1.82) is 0 Å². The number of rotatable bonds is 7. The van der Waals surface area contributed by atoms with Gasteiger partial charge in [0.05, 0.1) is 0 Å². The Morgan fingerprint density at radius 1 is 1.12 bits per heavy atom. The van der Waals surface area contributed by atoms with Crippen molar-refractivity contribution < 1.29 is 4.79 Å². The van der Waals surface area contributed by atoms with E-state index in [1.54, 1.807) is 12.2 Å². The van der Waals surface area contributed by atoms with E-state index in [0.29, 0.717) is 18.7 Å². The van der Waals surface area contributed by atoms with E-state index in [1.807, 2.05) is 41.4 Å². The van der Waals surface area contributed by atoms with Crippen LogP contribution in [0.2, 0.25) is 0 Å². The first-order valence-corrected chi connectivity index (χ1v) is 5.50. The number of carbonyl (C=O) groups excluding carboxylic acids is 1. The number of aldehydes is 1. The lowest BCUT2D eigenvalue weighted by Gasteiger charge is -2.17. The van der Waals surface area contributed by atoms with Crippen molar-refractivity contribution in [2.45, 2.75) is 0 Å². The van der Waals surface area contributed by atoms with Gasteiger partial charge in [0, 0.05) is 24.9 Å². The Hall–Kier alpha value is -2.09.